The van der Waals surface area contributed by atoms with Crippen molar-refractivity contribution < 1.29 is 28.6 Å². The van der Waals surface area contributed by atoms with E-state index in [1.165, 1.54) is 24.5 Å². The first-order valence-electron chi connectivity index (χ1n) is 8.90. The van der Waals surface area contributed by atoms with Gasteiger partial charge < -0.3 is 24.3 Å². The highest BCUT2D eigenvalue weighted by atomic mass is 16.5. The van der Waals surface area contributed by atoms with Crippen molar-refractivity contribution >= 4 is 22.8 Å². The Morgan fingerprint density at radius 3 is 2.52 bits per heavy atom. The minimum absolute atomic E-state index is 0.0588. The summed E-state index contributed by atoms with van der Waals surface area (Å²) >= 11 is 0. The van der Waals surface area contributed by atoms with Crippen LogP contribution in [0.3, 0.4) is 0 Å². The first kappa shape index (κ1) is 19.9. The van der Waals surface area contributed by atoms with Gasteiger partial charge in [0.25, 0.3) is 5.91 Å². The average molecular weight is 397 g/mol. The summed E-state index contributed by atoms with van der Waals surface area (Å²) in [7, 11) is 0. The summed E-state index contributed by atoms with van der Waals surface area (Å²) < 4.78 is 16.4. The molecule has 0 saturated carbocycles. The van der Waals surface area contributed by atoms with Crippen LogP contribution in [0.4, 0.5) is 0 Å². The van der Waals surface area contributed by atoms with Crippen LogP contribution >= 0.6 is 0 Å². The number of amides is 1. The molecule has 3 rings (SSSR count). The summed E-state index contributed by atoms with van der Waals surface area (Å²) in [5, 5.41) is 11.0. The van der Waals surface area contributed by atoms with Crippen molar-refractivity contribution in [2.24, 2.45) is 0 Å². The molecule has 150 valence electrons. The Bertz CT molecular complexity index is 1090. The molecule has 2 N–H and O–H groups in total. The Morgan fingerprint density at radius 2 is 1.83 bits per heavy atom. The Labute approximate surface area is 165 Å². The molecule has 2 aromatic carbocycles. The van der Waals surface area contributed by atoms with E-state index in [1.54, 1.807) is 12.1 Å². The van der Waals surface area contributed by atoms with Crippen molar-refractivity contribution in [2.45, 2.75) is 13.3 Å². The molecule has 3 aromatic rings. The van der Waals surface area contributed by atoms with Gasteiger partial charge in [-0.3, -0.25) is 14.4 Å². The van der Waals surface area contributed by atoms with Gasteiger partial charge in [-0.1, -0.05) is 19.1 Å². The van der Waals surface area contributed by atoms with Gasteiger partial charge in [0.15, 0.2) is 6.61 Å². The predicted molar refractivity (Wildman–Crippen MR) is 105 cm³/mol. The van der Waals surface area contributed by atoms with Crippen LogP contribution in [0, 0.1) is 0 Å². The summed E-state index contributed by atoms with van der Waals surface area (Å²) in [6.07, 6.45) is 2.13. The normalized spacial score (nSPS) is 10.5. The lowest BCUT2D eigenvalue weighted by molar-refractivity contribution is -0.138. The highest BCUT2D eigenvalue weighted by Gasteiger charge is 2.11. The molecule has 0 fully saturated rings. The van der Waals surface area contributed by atoms with E-state index < -0.39 is 18.4 Å². The van der Waals surface area contributed by atoms with Crippen molar-refractivity contribution in [1.29, 1.82) is 0 Å². The molecular weight excluding hydrogens is 378 g/mol. The number of carbonyl (C=O) groups excluding carboxylic acids is 1. The Kier molecular flexibility index (Phi) is 6.13. The van der Waals surface area contributed by atoms with E-state index in [0.29, 0.717) is 16.9 Å². The molecule has 0 aliphatic carbocycles. The minimum Gasteiger partial charge on any atom is -0.484 e. The average Bonchev–Trinajstić information content (AvgIpc) is 2.73. The summed E-state index contributed by atoms with van der Waals surface area (Å²) in [4.78, 5) is 34.6. The second-order valence-corrected chi connectivity index (χ2v) is 6.15. The van der Waals surface area contributed by atoms with Gasteiger partial charge in [-0.25, -0.2) is 0 Å². The second kappa shape index (κ2) is 8.92. The van der Waals surface area contributed by atoms with Crippen LogP contribution in [0.5, 0.6) is 17.2 Å². The van der Waals surface area contributed by atoms with Crippen molar-refractivity contribution in [2.75, 3.05) is 13.2 Å². The zero-order valence-corrected chi connectivity index (χ0v) is 15.6. The van der Waals surface area contributed by atoms with E-state index in [-0.39, 0.29) is 23.4 Å². The smallest absolute Gasteiger partial charge is 0.322 e. The van der Waals surface area contributed by atoms with E-state index in [0.717, 1.165) is 12.0 Å². The molecule has 0 bridgehead atoms. The third-order valence-corrected chi connectivity index (χ3v) is 4.08. The Balaban J connectivity index is 1.72. The van der Waals surface area contributed by atoms with Gasteiger partial charge in [-0.2, -0.15) is 0 Å². The molecular formula is C21H19NO7. The van der Waals surface area contributed by atoms with E-state index in [2.05, 4.69) is 5.32 Å². The molecule has 1 aromatic heterocycles. The Morgan fingerprint density at radius 1 is 1.10 bits per heavy atom. The number of ether oxygens (including phenoxy) is 2. The minimum atomic E-state index is -1.15. The number of rotatable bonds is 8. The van der Waals surface area contributed by atoms with Gasteiger partial charge in [-0.15, -0.1) is 0 Å². The first-order chi connectivity index (χ1) is 14.0. The molecule has 0 atom stereocenters. The summed E-state index contributed by atoms with van der Waals surface area (Å²) in [5.41, 5.74) is 1.09. The molecule has 0 aliphatic heterocycles. The van der Waals surface area contributed by atoms with Crippen LogP contribution in [0.25, 0.3) is 11.0 Å². The Hall–Kier alpha value is -3.81. The largest absolute Gasteiger partial charge is 0.484 e. The lowest BCUT2D eigenvalue weighted by Crippen LogP contribution is -2.33. The maximum Gasteiger partial charge on any atom is 0.322 e. The molecule has 1 heterocycles. The monoisotopic (exact) mass is 397 g/mol. The number of carboxylic acid groups (broad SMARTS) is 1. The van der Waals surface area contributed by atoms with Gasteiger partial charge in [0.05, 0.1) is 5.39 Å². The standard InChI is InChI=1S/C21H19NO7/c1-2-13-3-5-14(6-4-13)29-18-11-28-17-9-15(7-8-16(17)21(18)26)27-12-19(23)22-10-20(24)25/h3-9,11H,2,10,12H2,1H3,(H,22,23)(H,24,25). The van der Waals surface area contributed by atoms with Gasteiger partial charge >= 0.3 is 5.97 Å². The fraction of sp³-hybridized carbons (Fsp3) is 0.190. The summed E-state index contributed by atoms with van der Waals surface area (Å²) in [6.45, 7) is 1.20. The lowest BCUT2D eigenvalue weighted by atomic mass is 10.2. The molecule has 8 heteroatoms. The molecule has 0 unspecified atom stereocenters. The maximum absolute atomic E-state index is 12.6. The van der Waals surface area contributed by atoms with Crippen molar-refractivity contribution in [3.05, 3.63) is 64.5 Å². The lowest BCUT2D eigenvalue weighted by Gasteiger charge is -2.08. The van der Waals surface area contributed by atoms with Crippen LogP contribution < -0.4 is 20.2 Å². The van der Waals surface area contributed by atoms with Crippen molar-refractivity contribution in [3.63, 3.8) is 0 Å². The molecule has 0 spiro atoms. The molecule has 0 radical (unpaired) electrons. The number of fused-ring (bicyclic) bond motifs is 1. The molecule has 29 heavy (non-hydrogen) atoms. The summed E-state index contributed by atoms with van der Waals surface area (Å²) in [5.74, 6) is -0.837. The zero-order valence-electron chi connectivity index (χ0n) is 15.6. The fourth-order valence-electron chi connectivity index (χ4n) is 2.55. The fourth-order valence-corrected chi connectivity index (χ4v) is 2.55. The van der Waals surface area contributed by atoms with Crippen LogP contribution in [0.1, 0.15) is 12.5 Å². The quantitative estimate of drug-likeness (QED) is 0.600. The topological polar surface area (TPSA) is 115 Å². The number of carbonyl (C=O) groups is 2. The number of aliphatic carboxylic acids is 1. The SMILES string of the molecule is CCc1ccc(Oc2coc3cc(OCC(=O)NCC(=O)O)ccc3c2=O)cc1. The number of benzene rings is 2. The highest BCUT2D eigenvalue weighted by Crippen LogP contribution is 2.24. The number of nitrogens with one attached hydrogen (secondary N) is 1. The first-order valence-corrected chi connectivity index (χ1v) is 8.90. The van der Waals surface area contributed by atoms with E-state index in [1.807, 2.05) is 19.1 Å². The third-order valence-electron chi connectivity index (χ3n) is 4.08. The number of aryl methyl sites for hydroxylation is 1. The molecule has 0 aliphatic rings. The van der Waals surface area contributed by atoms with Crippen LogP contribution in [-0.4, -0.2) is 30.1 Å². The molecule has 8 nitrogen and oxygen atoms in total. The van der Waals surface area contributed by atoms with Crippen molar-refractivity contribution in [3.8, 4) is 17.2 Å². The number of hydrogen-bond donors (Lipinski definition) is 2. The highest BCUT2D eigenvalue weighted by molar-refractivity contribution is 5.82. The third kappa shape index (κ3) is 5.13. The number of hydrogen-bond acceptors (Lipinski definition) is 6. The van der Waals surface area contributed by atoms with Gasteiger partial charge in [0.1, 0.15) is 29.9 Å². The van der Waals surface area contributed by atoms with Gasteiger partial charge in [0, 0.05) is 6.07 Å². The maximum atomic E-state index is 12.6. The van der Waals surface area contributed by atoms with Crippen LogP contribution in [0.2, 0.25) is 0 Å². The molecule has 0 saturated heterocycles. The zero-order chi connectivity index (χ0) is 20.8. The van der Waals surface area contributed by atoms with E-state index in [4.69, 9.17) is 19.0 Å². The summed E-state index contributed by atoms with van der Waals surface area (Å²) in [6, 6.07) is 11.9. The van der Waals surface area contributed by atoms with Gasteiger partial charge in [-0.05, 0) is 36.2 Å². The van der Waals surface area contributed by atoms with Gasteiger partial charge in [0.2, 0.25) is 11.2 Å². The van der Waals surface area contributed by atoms with E-state index in [9.17, 15) is 14.4 Å². The molecule has 1 amide bonds. The second-order valence-electron chi connectivity index (χ2n) is 6.15. The van der Waals surface area contributed by atoms with Crippen LogP contribution in [0.15, 0.2) is 57.9 Å². The van der Waals surface area contributed by atoms with E-state index >= 15 is 0 Å². The predicted octanol–water partition coefficient (Wildman–Crippen LogP) is 2.73. The van der Waals surface area contributed by atoms with Crippen LogP contribution in [-0.2, 0) is 16.0 Å². The van der Waals surface area contributed by atoms with Crippen molar-refractivity contribution in [1.82, 2.24) is 5.32 Å². The number of carboxylic acids is 1.